The molecule has 21 heavy (non-hydrogen) atoms. The lowest BCUT2D eigenvalue weighted by atomic mass is 10.1. The molecule has 112 valence electrons. The second-order valence-corrected chi connectivity index (χ2v) is 7.29. The minimum absolute atomic E-state index is 0.164. The summed E-state index contributed by atoms with van der Waals surface area (Å²) < 4.78 is 23.6. The number of nitrogen functional groups attached to an aromatic ring is 1. The smallest absolute Gasteiger partial charge is 0.177 e. The number of nitrogens with two attached hydrogens (primary N) is 1. The van der Waals surface area contributed by atoms with E-state index >= 15 is 0 Å². The van der Waals surface area contributed by atoms with E-state index in [1.54, 1.807) is 6.07 Å². The zero-order chi connectivity index (χ0) is 15.8. The van der Waals surface area contributed by atoms with Gasteiger partial charge in [0, 0.05) is 19.0 Å². The average molecular weight is 304 g/mol. The van der Waals surface area contributed by atoms with Crippen LogP contribution in [-0.2, 0) is 9.84 Å². The van der Waals surface area contributed by atoms with Crippen LogP contribution < -0.4 is 10.6 Å². The molecule has 2 aromatic rings. The number of anilines is 3. The van der Waals surface area contributed by atoms with Gasteiger partial charge in [0.2, 0.25) is 0 Å². The first-order valence-corrected chi connectivity index (χ1v) is 8.50. The fraction of sp³-hybridized carbons (Fsp3) is 0.250. The van der Waals surface area contributed by atoms with Gasteiger partial charge in [0.25, 0.3) is 0 Å². The molecule has 0 aromatic heterocycles. The maximum atomic E-state index is 11.8. The van der Waals surface area contributed by atoms with Crippen LogP contribution in [0, 0.1) is 13.8 Å². The highest BCUT2D eigenvalue weighted by molar-refractivity contribution is 7.90. The van der Waals surface area contributed by atoms with Crippen LogP contribution in [0.1, 0.15) is 11.1 Å². The largest absolute Gasteiger partial charge is 0.396 e. The first kappa shape index (κ1) is 15.4. The summed E-state index contributed by atoms with van der Waals surface area (Å²) >= 11 is 0. The predicted octanol–water partition coefficient (Wildman–Crippen LogP) is 3.06. The second-order valence-electron chi connectivity index (χ2n) is 5.31. The maximum Gasteiger partial charge on any atom is 0.177 e. The summed E-state index contributed by atoms with van der Waals surface area (Å²) in [7, 11) is -1.46. The Morgan fingerprint density at radius 2 is 1.71 bits per heavy atom. The van der Waals surface area contributed by atoms with Gasteiger partial charge >= 0.3 is 0 Å². The van der Waals surface area contributed by atoms with Crippen LogP contribution in [-0.4, -0.2) is 21.7 Å². The van der Waals surface area contributed by atoms with Crippen LogP contribution >= 0.6 is 0 Å². The minimum Gasteiger partial charge on any atom is -0.396 e. The van der Waals surface area contributed by atoms with Gasteiger partial charge < -0.3 is 10.6 Å². The van der Waals surface area contributed by atoms with Crippen LogP contribution in [0.15, 0.2) is 41.3 Å². The lowest BCUT2D eigenvalue weighted by Gasteiger charge is -2.24. The maximum absolute atomic E-state index is 11.8. The van der Waals surface area contributed by atoms with Crippen LogP contribution in [0.2, 0.25) is 0 Å². The SMILES string of the molecule is Cc1ccc(N(C)c2cccc(S(C)(=O)=O)c2N)c(C)c1. The number of aryl methyl sites for hydroxylation is 2. The molecule has 0 unspecified atom stereocenters. The summed E-state index contributed by atoms with van der Waals surface area (Å²) in [4.78, 5) is 2.08. The van der Waals surface area contributed by atoms with Crippen LogP contribution in [0.25, 0.3) is 0 Å². The molecule has 0 saturated heterocycles. The summed E-state index contributed by atoms with van der Waals surface area (Å²) in [5.41, 5.74) is 10.3. The first-order chi connectivity index (χ1) is 9.71. The van der Waals surface area contributed by atoms with Gasteiger partial charge in [0.15, 0.2) is 9.84 Å². The Balaban J connectivity index is 2.57. The third kappa shape index (κ3) is 3.03. The number of nitrogens with zero attached hydrogens (tertiary/aromatic N) is 1. The van der Waals surface area contributed by atoms with Gasteiger partial charge in [0.1, 0.15) is 0 Å². The first-order valence-electron chi connectivity index (χ1n) is 6.61. The van der Waals surface area contributed by atoms with Crippen molar-refractivity contribution in [1.29, 1.82) is 0 Å². The fourth-order valence-corrected chi connectivity index (χ4v) is 3.29. The molecule has 0 fully saturated rings. The summed E-state index contributed by atoms with van der Waals surface area (Å²) in [6, 6.07) is 11.2. The third-order valence-corrected chi connectivity index (χ3v) is 4.67. The molecular weight excluding hydrogens is 284 g/mol. The molecule has 2 rings (SSSR count). The summed E-state index contributed by atoms with van der Waals surface area (Å²) in [5.74, 6) is 0. The number of hydrogen-bond acceptors (Lipinski definition) is 4. The highest BCUT2D eigenvalue weighted by Crippen LogP contribution is 2.34. The van der Waals surface area contributed by atoms with Crippen LogP contribution in [0.3, 0.4) is 0 Å². The van der Waals surface area contributed by atoms with Gasteiger partial charge in [0.05, 0.1) is 16.3 Å². The van der Waals surface area contributed by atoms with Crippen LogP contribution in [0.5, 0.6) is 0 Å². The fourth-order valence-electron chi connectivity index (χ4n) is 2.46. The van der Waals surface area contributed by atoms with Crippen molar-refractivity contribution in [1.82, 2.24) is 0 Å². The van der Waals surface area contributed by atoms with Crippen molar-refractivity contribution in [2.75, 3.05) is 23.9 Å². The van der Waals surface area contributed by atoms with E-state index in [-0.39, 0.29) is 10.6 Å². The topological polar surface area (TPSA) is 63.4 Å². The van der Waals surface area contributed by atoms with Gasteiger partial charge in [-0.05, 0) is 37.6 Å². The molecule has 0 aliphatic carbocycles. The van der Waals surface area contributed by atoms with Crippen molar-refractivity contribution >= 4 is 26.9 Å². The summed E-state index contributed by atoms with van der Waals surface area (Å²) in [6.45, 7) is 4.06. The average Bonchev–Trinajstić information content (AvgIpc) is 2.37. The molecule has 0 bridgehead atoms. The van der Waals surface area contributed by atoms with Crippen molar-refractivity contribution < 1.29 is 8.42 Å². The normalized spacial score (nSPS) is 11.4. The number of benzene rings is 2. The Hall–Kier alpha value is -2.01. The number of rotatable bonds is 3. The van der Waals surface area contributed by atoms with Crippen molar-refractivity contribution in [2.45, 2.75) is 18.7 Å². The van der Waals surface area contributed by atoms with Crippen molar-refractivity contribution in [3.63, 3.8) is 0 Å². The third-order valence-electron chi connectivity index (χ3n) is 3.52. The van der Waals surface area contributed by atoms with Crippen molar-refractivity contribution in [2.24, 2.45) is 0 Å². The highest BCUT2D eigenvalue weighted by atomic mass is 32.2. The van der Waals surface area contributed by atoms with E-state index in [4.69, 9.17) is 5.73 Å². The molecule has 4 nitrogen and oxygen atoms in total. The standard InChI is InChI=1S/C16H20N2O2S/c1-11-8-9-13(12(2)10-11)18(3)14-6-5-7-15(16(14)17)21(4,19)20/h5-10H,17H2,1-4H3. The molecule has 0 spiro atoms. The lowest BCUT2D eigenvalue weighted by molar-refractivity contribution is 0.602. The van der Waals surface area contributed by atoms with E-state index < -0.39 is 9.84 Å². The molecule has 0 radical (unpaired) electrons. The zero-order valence-corrected chi connectivity index (χ0v) is 13.5. The minimum atomic E-state index is -3.34. The second kappa shape index (κ2) is 5.41. The molecule has 0 aliphatic rings. The Kier molecular flexibility index (Phi) is 3.96. The quantitative estimate of drug-likeness (QED) is 0.885. The zero-order valence-electron chi connectivity index (χ0n) is 12.7. The van der Waals surface area contributed by atoms with Gasteiger partial charge in [-0.15, -0.1) is 0 Å². The summed E-state index contributed by atoms with van der Waals surface area (Å²) in [5, 5.41) is 0. The molecular formula is C16H20N2O2S. The predicted molar refractivity (Wildman–Crippen MR) is 87.9 cm³/mol. The van der Waals surface area contributed by atoms with Gasteiger partial charge in [-0.3, -0.25) is 0 Å². The van der Waals surface area contributed by atoms with Crippen LogP contribution in [0.4, 0.5) is 17.1 Å². The molecule has 0 aliphatic heterocycles. The van der Waals surface area contributed by atoms with E-state index in [1.165, 1.54) is 17.9 Å². The van der Waals surface area contributed by atoms with Gasteiger partial charge in [-0.1, -0.05) is 23.8 Å². The van der Waals surface area contributed by atoms with Crippen molar-refractivity contribution in [3.05, 3.63) is 47.5 Å². The summed E-state index contributed by atoms with van der Waals surface area (Å²) in [6.07, 6.45) is 1.17. The number of hydrogen-bond donors (Lipinski definition) is 1. The molecule has 0 heterocycles. The Morgan fingerprint density at radius 1 is 1.05 bits per heavy atom. The molecule has 2 N–H and O–H groups in total. The molecule has 0 atom stereocenters. The van der Waals surface area contributed by atoms with Gasteiger partial charge in [-0.25, -0.2) is 8.42 Å². The lowest BCUT2D eigenvalue weighted by Crippen LogP contribution is -2.14. The molecule has 2 aromatic carbocycles. The van der Waals surface area contributed by atoms with Crippen molar-refractivity contribution in [3.8, 4) is 0 Å². The molecule has 0 saturated carbocycles. The number of sulfone groups is 1. The number of para-hydroxylation sites is 1. The molecule has 5 heteroatoms. The van der Waals surface area contributed by atoms with Gasteiger partial charge in [-0.2, -0.15) is 0 Å². The molecule has 0 amide bonds. The Bertz CT molecular complexity index is 783. The van der Waals surface area contributed by atoms with E-state index in [9.17, 15) is 8.42 Å². The van der Waals surface area contributed by atoms with E-state index in [2.05, 4.69) is 6.07 Å². The van der Waals surface area contributed by atoms with E-state index in [1.807, 2.05) is 44.0 Å². The Morgan fingerprint density at radius 3 is 2.29 bits per heavy atom. The highest BCUT2D eigenvalue weighted by Gasteiger charge is 2.17. The monoisotopic (exact) mass is 304 g/mol. The Labute approximate surface area is 126 Å². The van der Waals surface area contributed by atoms with E-state index in [0.29, 0.717) is 5.69 Å². The van der Waals surface area contributed by atoms with E-state index in [0.717, 1.165) is 11.3 Å².